The van der Waals surface area contributed by atoms with Crippen molar-refractivity contribution in [3.05, 3.63) is 77.5 Å². The number of hydrogen-bond acceptors (Lipinski definition) is 5. The number of fused-ring (bicyclic) bond motifs is 1. The van der Waals surface area contributed by atoms with E-state index < -0.39 is 0 Å². The zero-order valence-corrected chi connectivity index (χ0v) is 19.0. The summed E-state index contributed by atoms with van der Waals surface area (Å²) in [6, 6.07) is 19.9. The highest BCUT2D eigenvalue weighted by molar-refractivity contribution is 5.86. The first kappa shape index (κ1) is 21.4. The van der Waals surface area contributed by atoms with E-state index in [0.29, 0.717) is 17.2 Å². The summed E-state index contributed by atoms with van der Waals surface area (Å²) in [7, 11) is 6.58. The Hall–Kier alpha value is -3.80. The van der Waals surface area contributed by atoms with Gasteiger partial charge in [0.15, 0.2) is 11.5 Å². The van der Waals surface area contributed by atoms with Gasteiger partial charge in [0.05, 0.1) is 40.2 Å². The van der Waals surface area contributed by atoms with Crippen LogP contribution in [0.15, 0.2) is 60.7 Å². The molecule has 166 valence electrons. The molecule has 4 rings (SSSR count). The quantitative estimate of drug-likeness (QED) is 0.373. The molecule has 6 nitrogen and oxygen atoms in total. The molecule has 1 heterocycles. The van der Waals surface area contributed by atoms with Gasteiger partial charge in [-0.25, -0.2) is 0 Å². The van der Waals surface area contributed by atoms with E-state index in [0.717, 1.165) is 39.2 Å². The van der Waals surface area contributed by atoms with Crippen molar-refractivity contribution < 1.29 is 18.9 Å². The Bertz CT molecular complexity index is 1230. The van der Waals surface area contributed by atoms with Gasteiger partial charge in [-0.3, -0.25) is 0 Å². The lowest BCUT2D eigenvalue weighted by atomic mass is 9.95. The molecule has 0 saturated carbocycles. The number of anilines is 1. The molecule has 1 unspecified atom stereocenters. The number of para-hydroxylation sites is 1. The van der Waals surface area contributed by atoms with Crippen LogP contribution in [-0.4, -0.2) is 33.4 Å². The van der Waals surface area contributed by atoms with E-state index in [2.05, 4.69) is 41.5 Å². The minimum atomic E-state index is -0.173. The largest absolute Gasteiger partial charge is 0.497 e. The number of aromatic nitrogens is 1. The van der Waals surface area contributed by atoms with Crippen molar-refractivity contribution in [3.8, 4) is 23.0 Å². The molecule has 6 heteroatoms. The van der Waals surface area contributed by atoms with Crippen LogP contribution in [0.25, 0.3) is 10.9 Å². The molecule has 0 aliphatic carbocycles. The van der Waals surface area contributed by atoms with Crippen molar-refractivity contribution in [2.24, 2.45) is 0 Å². The van der Waals surface area contributed by atoms with Crippen molar-refractivity contribution in [2.75, 3.05) is 33.8 Å². The standard InChI is InChI=1S/C26H28N2O4/c1-16-25(19-8-6-7-9-20(19)27-16)26(17-10-13-22(30-3)24(14-17)32-5)28-21-12-11-18(29-2)15-23(21)31-4/h6-15,26-28H,1-5H3. The lowest BCUT2D eigenvalue weighted by Gasteiger charge is -2.24. The van der Waals surface area contributed by atoms with E-state index in [1.54, 1.807) is 28.4 Å². The molecule has 0 fully saturated rings. The van der Waals surface area contributed by atoms with E-state index >= 15 is 0 Å². The Kier molecular flexibility index (Phi) is 6.12. The molecular formula is C26H28N2O4. The van der Waals surface area contributed by atoms with E-state index in [-0.39, 0.29) is 6.04 Å². The van der Waals surface area contributed by atoms with Gasteiger partial charge in [-0.05, 0) is 42.8 Å². The number of rotatable bonds is 8. The number of aryl methyl sites for hydroxylation is 1. The molecular weight excluding hydrogens is 404 g/mol. The van der Waals surface area contributed by atoms with E-state index in [9.17, 15) is 0 Å². The number of aromatic amines is 1. The molecule has 0 bridgehead atoms. The highest BCUT2D eigenvalue weighted by Crippen LogP contribution is 2.40. The zero-order chi connectivity index (χ0) is 22.7. The molecule has 32 heavy (non-hydrogen) atoms. The van der Waals surface area contributed by atoms with E-state index in [1.165, 1.54) is 0 Å². The molecule has 4 aromatic rings. The average Bonchev–Trinajstić information content (AvgIpc) is 3.17. The van der Waals surface area contributed by atoms with Gasteiger partial charge >= 0.3 is 0 Å². The molecule has 1 atom stereocenters. The predicted octanol–water partition coefficient (Wildman–Crippen LogP) is 5.71. The summed E-state index contributed by atoms with van der Waals surface area (Å²) in [5, 5.41) is 4.85. The molecule has 0 radical (unpaired) electrons. The van der Waals surface area contributed by atoms with Gasteiger partial charge in [-0.1, -0.05) is 24.3 Å². The molecule has 0 spiro atoms. The maximum atomic E-state index is 5.65. The van der Waals surface area contributed by atoms with Crippen molar-refractivity contribution in [1.29, 1.82) is 0 Å². The summed E-state index contributed by atoms with van der Waals surface area (Å²) in [6.07, 6.45) is 0. The third kappa shape index (κ3) is 3.91. The summed E-state index contributed by atoms with van der Waals surface area (Å²) in [4.78, 5) is 3.51. The topological polar surface area (TPSA) is 64.7 Å². The number of nitrogens with one attached hydrogen (secondary N) is 2. The third-order valence-electron chi connectivity index (χ3n) is 5.68. The van der Waals surface area contributed by atoms with Crippen molar-refractivity contribution in [2.45, 2.75) is 13.0 Å². The Morgan fingerprint density at radius 2 is 1.50 bits per heavy atom. The second-order valence-electron chi connectivity index (χ2n) is 7.47. The van der Waals surface area contributed by atoms with Gasteiger partial charge in [0.2, 0.25) is 0 Å². The lowest BCUT2D eigenvalue weighted by molar-refractivity contribution is 0.354. The monoisotopic (exact) mass is 432 g/mol. The SMILES string of the molecule is COc1ccc(NC(c2ccc(OC)c(OC)c2)c2c(C)[nH]c3ccccc23)c(OC)c1. The van der Waals surface area contributed by atoms with Crippen molar-refractivity contribution in [3.63, 3.8) is 0 Å². The summed E-state index contributed by atoms with van der Waals surface area (Å²) in [6.45, 7) is 2.09. The van der Waals surface area contributed by atoms with Gasteiger partial charge < -0.3 is 29.2 Å². The van der Waals surface area contributed by atoms with Gasteiger partial charge in [0.1, 0.15) is 11.5 Å². The highest BCUT2D eigenvalue weighted by atomic mass is 16.5. The van der Waals surface area contributed by atoms with Crippen molar-refractivity contribution in [1.82, 2.24) is 4.98 Å². The Balaban J connectivity index is 1.89. The first-order chi connectivity index (χ1) is 15.6. The van der Waals surface area contributed by atoms with Gasteiger partial charge in [-0.15, -0.1) is 0 Å². The summed E-state index contributed by atoms with van der Waals surface area (Å²) in [5.41, 5.74) is 5.23. The Morgan fingerprint density at radius 3 is 2.22 bits per heavy atom. The molecule has 0 amide bonds. The maximum Gasteiger partial charge on any atom is 0.161 e. The van der Waals surface area contributed by atoms with Crippen molar-refractivity contribution >= 4 is 16.6 Å². The minimum absolute atomic E-state index is 0.173. The Labute approximate surface area is 188 Å². The number of methoxy groups -OCH3 is 4. The van der Waals surface area contributed by atoms with Crippen LogP contribution in [0.1, 0.15) is 22.9 Å². The predicted molar refractivity (Wildman–Crippen MR) is 128 cm³/mol. The molecule has 2 N–H and O–H groups in total. The van der Waals surface area contributed by atoms with Crippen LogP contribution >= 0.6 is 0 Å². The average molecular weight is 433 g/mol. The molecule has 3 aromatic carbocycles. The first-order valence-corrected chi connectivity index (χ1v) is 10.4. The highest BCUT2D eigenvalue weighted by Gasteiger charge is 2.23. The van der Waals surface area contributed by atoms with Crippen LogP contribution in [0.2, 0.25) is 0 Å². The minimum Gasteiger partial charge on any atom is -0.497 e. The van der Waals surface area contributed by atoms with Crippen LogP contribution in [0, 0.1) is 6.92 Å². The number of ether oxygens (including phenoxy) is 4. The molecule has 0 aliphatic rings. The maximum absolute atomic E-state index is 5.65. The van der Waals surface area contributed by atoms with Crippen LogP contribution < -0.4 is 24.3 Å². The van der Waals surface area contributed by atoms with Crippen LogP contribution in [0.3, 0.4) is 0 Å². The second kappa shape index (κ2) is 9.14. The van der Waals surface area contributed by atoms with E-state index in [4.69, 9.17) is 18.9 Å². The van der Waals surface area contributed by atoms with E-state index in [1.807, 2.05) is 36.4 Å². The summed E-state index contributed by atoms with van der Waals surface area (Å²) in [5.74, 6) is 2.80. The number of hydrogen-bond donors (Lipinski definition) is 2. The number of H-pyrrole nitrogens is 1. The van der Waals surface area contributed by atoms with Crippen LogP contribution in [0.5, 0.6) is 23.0 Å². The number of benzene rings is 3. The normalized spacial score (nSPS) is 11.8. The summed E-state index contributed by atoms with van der Waals surface area (Å²) >= 11 is 0. The van der Waals surface area contributed by atoms with Gasteiger partial charge in [0.25, 0.3) is 0 Å². The van der Waals surface area contributed by atoms with Gasteiger partial charge in [0, 0.05) is 28.2 Å². The third-order valence-corrected chi connectivity index (χ3v) is 5.68. The van der Waals surface area contributed by atoms with Gasteiger partial charge in [-0.2, -0.15) is 0 Å². The zero-order valence-electron chi connectivity index (χ0n) is 19.0. The lowest BCUT2D eigenvalue weighted by Crippen LogP contribution is -2.14. The Morgan fingerprint density at radius 1 is 0.750 bits per heavy atom. The first-order valence-electron chi connectivity index (χ1n) is 10.4. The fraction of sp³-hybridized carbons (Fsp3) is 0.231. The summed E-state index contributed by atoms with van der Waals surface area (Å²) < 4.78 is 22.0. The van der Waals surface area contributed by atoms with Crippen LogP contribution in [0.4, 0.5) is 5.69 Å². The molecule has 0 saturated heterocycles. The fourth-order valence-corrected chi connectivity index (χ4v) is 4.10. The molecule has 1 aromatic heterocycles. The van der Waals surface area contributed by atoms with Crippen LogP contribution in [-0.2, 0) is 0 Å². The molecule has 0 aliphatic heterocycles. The fourth-order valence-electron chi connectivity index (χ4n) is 4.10. The smallest absolute Gasteiger partial charge is 0.161 e. The second-order valence-corrected chi connectivity index (χ2v) is 7.47.